The molecule has 0 bridgehead atoms. The largest absolute Gasteiger partial charge is 0.251 e. The molecule has 0 aliphatic rings. The van der Waals surface area contributed by atoms with E-state index in [2.05, 4.69) is 67.1 Å². The minimum absolute atomic E-state index is 0.709. The molecule has 0 amide bonds. The van der Waals surface area contributed by atoms with Gasteiger partial charge >= 0.3 is 0 Å². The van der Waals surface area contributed by atoms with Gasteiger partial charge in [0.05, 0.1) is 16.9 Å². The summed E-state index contributed by atoms with van der Waals surface area (Å²) in [4.78, 5) is 10.9. The second-order valence-corrected chi connectivity index (χ2v) is 10.7. The van der Waals surface area contributed by atoms with E-state index in [9.17, 15) is 0 Å². The predicted octanol–water partition coefficient (Wildman–Crippen LogP) is 4.97. The molecule has 0 fully saturated rings. The van der Waals surface area contributed by atoms with Crippen LogP contribution in [0.4, 0.5) is 0 Å². The highest BCUT2D eigenvalue weighted by atomic mass is 32.3. The summed E-state index contributed by atoms with van der Waals surface area (Å²) in [5.41, 5.74) is 5.15. The highest BCUT2D eigenvalue weighted by molar-refractivity contribution is 8.32. The van der Waals surface area contributed by atoms with Gasteiger partial charge in [-0.25, -0.2) is 15.0 Å². The number of aromatic nitrogens is 2. The molecule has 0 unspecified atom stereocenters. The first kappa shape index (κ1) is 15.0. The number of pyridine rings is 2. The van der Waals surface area contributed by atoms with Crippen LogP contribution in [0.5, 0.6) is 0 Å². The Morgan fingerprint density at radius 2 is 1.59 bits per heavy atom. The zero-order chi connectivity index (χ0) is 15.9. The van der Waals surface area contributed by atoms with E-state index >= 15 is 0 Å². The van der Waals surface area contributed by atoms with Crippen LogP contribution >= 0.6 is 10.0 Å². The van der Waals surface area contributed by atoms with Crippen LogP contribution in [-0.2, 0) is 0 Å². The van der Waals surface area contributed by atoms with Gasteiger partial charge in [0.15, 0.2) is 0 Å². The Morgan fingerprint density at radius 3 is 2.32 bits per heavy atom. The van der Waals surface area contributed by atoms with Gasteiger partial charge in [0, 0.05) is 11.1 Å². The normalized spacial score (nSPS) is 12.6. The maximum absolute atomic E-state index is 4.82. The van der Waals surface area contributed by atoms with Gasteiger partial charge in [-0.15, -0.1) is 0 Å². The van der Waals surface area contributed by atoms with Crippen molar-refractivity contribution in [1.82, 2.24) is 9.97 Å². The van der Waals surface area contributed by atoms with Crippen molar-refractivity contribution in [1.29, 1.82) is 0 Å². The fraction of sp³-hybridized carbons (Fsp3) is 0.263. The minimum Gasteiger partial charge on any atom is -0.251 e. The van der Waals surface area contributed by atoms with Gasteiger partial charge in [-0.1, -0.05) is 12.1 Å². The molecule has 0 spiro atoms. The van der Waals surface area contributed by atoms with Gasteiger partial charge in [-0.05, 0) is 73.4 Å². The lowest BCUT2D eigenvalue weighted by Gasteiger charge is -2.25. The predicted molar refractivity (Wildman–Crippen MR) is 98.1 cm³/mol. The molecule has 3 rings (SSSR count). The van der Waals surface area contributed by atoms with Crippen LogP contribution in [0.3, 0.4) is 0 Å². The van der Waals surface area contributed by atoms with Crippen molar-refractivity contribution < 1.29 is 0 Å². The molecule has 2 nitrogen and oxygen atoms in total. The lowest BCUT2D eigenvalue weighted by molar-refractivity contribution is 1.16. The van der Waals surface area contributed by atoms with Crippen molar-refractivity contribution >= 4 is 20.9 Å². The lowest BCUT2D eigenvalue weighted by Crippen LogP contribution is -1.95. The summed E-state index contributed by atoms with van der Waals surface area (Å²) in [6, 6.07) is 15.0. The third-order valence-electron chi connectivity index (χ3n) is 3.85. The summed E-state index contributed by atoms with van der Waals surface area (Å²) in [6.07, 6.45) is 6.95. The molecule has 0 N–H and O–H groups in total. The van der Waals surface area contributed by atoms with Gasteiger partial charge in [-0.2, -0.15) is 0 Å². The number of nitrogens with zero attached hydrogens (tertiary/aromatic N) is 2. The van der Waals surface area contributed by atoms with E-state index in [1.165, 1.54) is 10.3 Å². The molecular weight excluding hydrogens is 288 g/mol. The molecule has 22 heavy (non-hydrogen) atoms. The van der Waals surface area contributed by atoms with Crippen molar-refractivity contribution in [3.8, 4) is 11.4 Å². The van der Waals surface area contributed by atoms with Crippen LogP contribution in [0.25, 0.3) is 22.3 Å². The van der Waals surface area contributed by atoms with Crippen molar-refractivity contribution in [2.24, 2.45) is 0 Å². The molecule has 0 aliphatic carbocycles. The highest BCUT2D eigenvalue weighted by Crippen LogP contribution is 2.45. The SMILES string of the molecule is Cc1ccc(C)c(-c2ccc3cc(S(C)(C)C)ccc3n2)n1. The monoisotopic (exact) mass is 310 g/mol. The molecule has 0 aliphatic heterocycles. The van der Waals surface area contributed by atoms with Crippen molar-refractivity contribution in [3.05, 3.63) is 53.7 Å². The zero-order valence-electron chi connectivity index (χ0n) is 13.8. The quantitative estimate of drug-likeness (QED) is 0.668. The average molecular weight is 310 g/mol. The van der Waals surface area contributed by atoms with Crippen molar-refractivity contribution in [2.45, 2.75) is 18.7 Å². The van der Waals surface area contributed by atoms with Gasteiger partial charge < -0.3 is 0 Å². The van der Waals surface area contributed by atoms with Gasteiger partial charge in [0.25, 0.3) is 0 Å². The molecule has 0 atom stereocenters. The van der Waals surface area contributed by atoms with Gasteiger partial charge in [0.1, 0.15) is 0 Å². The Balaban J connectivity index is 2.13. The first-order valence-electron chi connectivity index (χ1n) is 7.38. The summed E-state index contributed by atoms with van der Waals surface area (Å²) in [5, 5.41) is 1.20. The summed E-state index contributed by atoms with van der Waals surface area (Å²) in [5.74, 6) is 0. The zero-order valence-corrected chi connectivity index (χ0v) is 14.7. The molecule has 2 aromatic heterocycles. The summed E-state index contributed by atoms with van der Waals surface area (Å²) >= 11 is 0. The smallest absolute Gasteiger partial charge is 0.0918 e. The van der Waals surface area contributed by atoms with E-state index in [4.69, 9.17) is 4.98 Å². The van der Waals surface area contributed by atoms with E-state index in [0.717, 1.165) is 28.2 Å². The molecule has 3 aromatic rings. The molecule has 0 saturated heterocycles. The van der Waals surface area contributed by atoms with Crippen LogP contribution in [0.2, 0.25) is 0 Å². The highest BCUT2D eigenvalue weighted by Gasteiger charge is 2.10. The summed E-state index contributed by atoms with van der Waals surface area (Å²) in [6.45, 7) is 4.10. The Morgan fingerprint density at radius 1 is 0.818 bits per heavy atom. The van der Waals surface area contributed by atoms with Gasteiger partial charge in [0.2, 0.25) is 0 Å². The van der Waals surface area contributed by atoms with Crippen LogP contribution in [0, 0.1) is 13.8 Å². The average Bonchev–Trinajstić information content (AvgIpc) is 2.47. The molecular formula is C19H22N2S. The number of hydrogen-bond donors (Lipinski definition) is 0. The summed E-state index contributed by atoms with van der Waals surface area (Å²) < 4.78 is 0. The van der Waals surface area contributed by atoms with E-state index in [0.29, 0.717) is 0 Å². The molecule has 3 heteroatoms. The van der Waals surface area contributed by atoms with Crippen LogP contribution in [-0.4, -0.2) is 28.7 Å². The van der Waals surface area contributed by atoms with E-state index < -0.39 is 10.0 Å². The second kappa shape index (κ2) is 5.40. The number of aryl methyl sites for hydroxylation is 2. The molecule has 1 aromatic carbocycles. The first-order chi connectivity index (χ1) is 10.3. The fourth-order valence-electron chi connectivity index (χ4n) is 2.50. The number of benzene rings is 1. The van der Waals surface area contributed by atoms with E-state index in [1.807, 2.05) is 13.0 Å². The third-order valence-corrected chi connectivity index (χ3v) is 5.51. The van der Waals surface area contributed by atoms with Gasteiger partial charge in [-0.3, -0.25) is 4.98 Å². The number of fused-ring (bicyclic) bond motifs is 1. The van der Waals surface area contributed by atoms with Crippen LogP contribution in [0.1, 0.15) is 11.3 Å². The number of hydrogen-bond acceptors (Lipinski definition) is 2. The number of rotatable bonds is 2. The Labute approximate surface area is 133 Å². The molecule has 0 saturated carbocycles. The van der Waals surface area contributed by atoms with Crippen molar-refractivity contribution in [2.75, 3.05) is 18.8 Å². The standard InChI is InChI=1S/C19H22N2S/c1-13-6-7-14(2)20-19(13)18-10-8-15-12-16(22(3,4)5)9-11-17(15)21-18/h6-12H,1-5H3. The maximum Gasteiger partial charge on any atom is 0.0918 e. The lowest BCUT2D eigenvalue weighted by atomic mass is 10.1. The third kappa shape index (κ3) is 2.86. The second-order valence-electron chi connectivity index (χ2n) is 6.51. The topological polar surface area (TPSA) is 25.8 Å². The Kier molecular flexibility index (Phi) is 3.69. The minimum atomic E-state index is -0.709. The maximum atomic E-state index is 4.82. The fourth-order valence-corrected chi connectivity index (χ4v) is 3.46. The van der Waals surface area contributed by atoms with Crippen LogP contribution < -0.4 is 0 Å². The Hall–Kier alpha value is -1.87. The van der Waals surface area contributed by atoms with Crippen molar-refractivity contribution in [3.63, 3.8) is 0 Å². The Bertz CT molecular complexity index is 848. The molecule has 2 heterocycles. The molecule has 0 radical (unpaired) electrons. The summed E-state index contributed by atoms with van der Waals surface area (Å²) in [7, 11) is -0.709. The van der Waals surface area contributed by atoms with E-state index in [1.54, 1.807) is 0 Å². The van der Waals surface area contributed by atoms with Crippen LogP contribution in [0.15, 0.2) is 47.4 Å². The molecule has 114 valence electrons. The van der Waals surface area contributed by atoms with E-state index in [-0.39, 0.29) is 0 Å². The first-order valence-corrected chi connectivity index (χ1v) is 10.2.